The number of esters is 1. The lowest BCUT2D eigenvalue weighted by Crippen LogP contribution is -2.35. The van der Waals surface area contributed by atoms with E-state index in [1.807, 2.05) is 6.92 Å². The number of carbonyl (C=O) groups is 1. The molecule has 0 saturated heterocycles. The van der Waals surface area contributed by atoms with Crippen molar-refractivity contribution in [2.24, 2.45) is 0 Å². The second-order valence-corrected chi connectivity index (χ2v) is 1.64. The highest BCUT2D eigenvalue weighted by Gasteiger charge is 2.15. The van der Waals surface area contributed by atoms with E-state index in [0.29, 0.717) is 6.54 Å². The van der Waals surface area contributed by atoms with Gasteiger partial charge in [-0.3, -0.25) is 5.32 Å². The molecule has 0 aromatic carbocycles. The second kappa shape index (κ2) is 4.77. The summed E-state index contributed by atoms with van der Waals surface area (Å²) in [6.07, 6.45) is 0. The number of nitriles is 1. The summed E-state index contributed by atoms with van der Waals surface area (Å²) in [6, 6.07) is 0.944. The van der Waals surface area contributed by atoms with Crippen LogP contribution in [0.5, 0.6) is 0 Å². The van der Waals surface area contributed by atoms with Gasteiger partial charge in [0.2, 0.25) is 0 Å². The molecule has 0 aliphatic rings. The summed E-state index contributed by atoms with van der Waals surface area (Å²) >= 11 is 0. The Balaban J connectivity index is 3.84. The molecule has 0 radical (unpaired) electrons. The van der Waals surface area contributed by atoms with Crippen LogP contribution in [0.1, 0.15) is 6.92 Å². The summed E-state index contributed by atoms with van der Waals surface area (Å²) in [6.45, 7) is 2.39. The van der Waals surface area contributed by atoms with Crippen molar-refractivity contribution in [2.45, 2.75) is 13.0 Å². The molecule has 0 spiro atoms. The van der Waals surface area contributed by atoms with E-state index in [1.165, 1.54) is 7.11 Å². The molecule has 0 aliphatic carbocycles. The minimum atomic E-state index is -0.824. The molecule has 1 unspecified atom stereocenters. The molecule has 0 heterocycles. The van der Waals surface area contributed by atoms with E-state index in [4.69, 9.17) is 5.26 Å². The molecule has 56 valence electrons. The molecular formula is C6H10N2O2. The van der Waals surface area contributed by atoms with E-state index in [-0.39, 0.29) is 0 Å². The zero-order valence-electron chi connectivity index (χ0n) is 6.05. The summed E-state index contributed by atoms with van der Waals surface area (Å²) in [5, 5.41) is 11.0. The highest BCUT2D eigenvalue weighted by atomic mass is 16.5. The van der Waals surface area contributed by atoms with E-state index in [2.05, 4.69) is 10.1 Å². The quantitative estimate of drug-likeness (QED) is 0.547. The minimum absolute atomic E-state index is 0.538. The van der Waals surface area contributed by atoms with Gasteiger partial charge in [-0.15, -0.1) is 0 Å². The van der Waals surface area contributed by atoms with E-state index >= 15 is 0 Å². The van der Waals surface area contributed by atoms with Crippen LogP contribution >= 0.6 is 0 Å². The first-order valence-electron chi connectivity index (χ1n) is 2.97. The first kappa shape index (κ1) is 8.92. The van der Waals surface area contributed by atoms with E-state index in [9.17, 15) is 4.79 Å². The first-order valence-corrected chi connectivity index (χ1v) is 2.97. The van der Waals surface area contributed by atoms with Crippen molar-refractivity contribution in [2.75, 3.05) is 13.7 Å². The molecule has 0 amide bonds. The van der Waals surface area contributed by atoms with Gasteiger partial charge in [-0.1, -0.05) is 6.92 Å². The molecular weight excluding hydrogens is 132 g/mol. The van der Waals surface area contributed by atoms with Crippen LogP contribution in [-0.4, -0.2) is 25.7 Å². The van der Waals surface area contributed by atoms with Crippen molar-refractivity contribution in [3.63, 3.8) is 0 Å². The maximum Gasteiger partial charge on any atom is 0.337 e. The summed E-state index contributed by atoms with van der Waals surface area (Å²) in [5.74, 6) is -0.538. The highest BCUT2D eigenvalue weighted by molar-refractivity contribution is 5.78. The van der Waals surface area contributed by atoms with Gasteiger partial charge in [0.05, 0.1) is 13.2 Å². The fraction of sp³-hybridized carbons (Fsp3) is 0.667. The number of rotatable bonds is 3. The fourth-order valence-corrected chi connectivity index (χ4v) is 0.504. The fourth-order valence-electron chi connectivity index (χ4n) is 0.504. The molecule has 4 heteroatoms. The molecule has 10 heavy (non-hydrogen) atoms. The lowest BCUT2D eigenvalue weighted by molar-refractivity contribution is -0.141. The van der Waals surface area contributed by atoms with Crippen LogP contribution in [0.3, 0.4) is 0 Å². The lowest BCUT2D eigenvalue weighted by Gasteiger charge is -2.05. The average molecular weight is 142 g/mol. The summed E-state index contributed by atoms with van der Waals surface area (Å²) in [7, 11) is 1.25. The average Bonchev–Trinajstić information content (AvgIpc) is 1.99. The van der Waals surface area contributed by atoms with Gasteiger partial charge in [-0.25, -0.2) is 4.79 Å². The second-order valence-electron chi connectivity index (χ2n) is 1.64. The number of carbonyl (C=O) groups excluding carboxylic acids is 1. The maximum atomic E-state index is 10.6. The Hall–Kier alpha value is -1.08. The van der Waals surface area contributed by atoms with Crippen LogP contribution in [0.25, 0.3) is 0 Å². The molecule has 0 saturated carbocycles. The third-order valence-electron chi connectivity index (χ3n) is 0.974. The number of hydrogen-bond acceptors (Lipinski definition) is 4. The van der Waals surface area contributed by atoms with E-state index < -0.39 is 12.0 Å². The van der Waals surface area contributed by atoms with Gasteiger partial charge in [0.25, 0.3) is 0 Å². The lowest BCUT2D eigenvalue weighted by atomic mass is 10.3. The predicted octanol–water partition coefficient (Wildman–Crippen LogP) is -0.339. The SMILES string of the molecule is CCNC(C#N)C(=O)OC. The van der Waals surface area contributed by atoms with Gasteiger partial charge < -0.3 is 4.74 Å². The number of methoxy groups -OCH3 is 1. The molecule has 4 nitrogen and oxygen atoms in total. The van der Waals surface area contributed by atoms with Crippen molar-refractivity contribution in [1.82, 2.24) is 5.32 Å². The standard InChI is InChI=1S/C6H10N2O2/c1-3-8-5(4-7)6(9)10-2/h5,8H,3H2,1-2H3. The van der Waals surface area contributed by atoms with Gasteiger partial charge in [-0.2, -0.15) is 5.26 Å². The topological polar surface area (TPSA) is 62.1 Å². The Labute approximate surface area is 59.8 Å². The maximum absolute atomic E-state index is 10.6. The zero-order chi connectivity index (χ0) is 7.98. The summed E-state index contributed by atoms with van der Waals surface area (Å²) in [4.78, 5) is 10.6. The van der Waals surface area contributed by atoms with E-state index in [1.54, 1.807) is 6.07 Å². The largest absolute Gasteiger partial charge is 0.467 e. The highest BCUT2D eigenvalue weighted by Crippen LogP contribution is 1.83. The smallest absolute Gasteiger partial charge is 0.337 e. The van der Waals surface area contributed by atoms with Crippen LogP contribution in [-0.2, 0) is 9.53 Å². The Morgan fingerprint density at radius 2 is 2.50 bits per heavy atom. The van der Waals surface area contributed by atoms with Crippen molar-refractivity contribution in [1.29, 1.82) is 5.26 Å². The molecule has 0 fully saturated rings. The summed E-state index contributed by atoms with van der Waals surface area (Å²) < 4.78 is 4.33. The van der Waals surface area contributed by atoms with Gasteiger partial charge in [0, 0.05) is 0 Å². The zero-order valence-corrected chi connectivity index (χ0v) is 6.05. The Bertz CT molecular complexity index is 150. The van der Waals surface area contributed by atoms with E-state index in [0.717, 1.165) is 0 Å². The summed E-state index contributed by atoms with van der Waals surface area (Å²) in [5.41, 5.74) is 0. The van der Waals surface area contributed by atoms with Gasteiger partial charge in [-0.05, 0) is 6.54 Å². The van der Waals surface area contributed by atoms with Crippen molar-refractivity contribution < 1.29 is 9.53 Å². The van der Waals surface area contributed by atoms with Crippen LogP contribution in [0.2, 0.25) is 0 Å². The van der Waals surface area contributed by atoms with Crippen LogP contribution in [0.4, 0.5) is 0 Å². The minimum Gasteiger partial charge on any atom is -0.467 e. The number of nitrogens with zero attached hydrogens (tertiary/aromatic N) is 1. The number of ether oxygens (including phenoxy) is 1. The number of likely N-dealkylation sites (N-methyl/N-ethyl adjacent to an activating group) is 1. The number of hydrogen-bond donors (Lipinski definition) is 1. The van der Waals surface area contributed by atoms with Crippen LogP contribution < -0.4 is 5.32 Å². The molecule has 0 rings (SSSR count). The van der Waals surface area contributed by atoms with Crippen LogP contribution in [0, 0.1) is 11.3 Å². The first-order chi connectivity index (χ1) is 4.76. The molecule has 1 N–H and O–H groups in total. The molecule has 0 aromatic heterocycles. The third-order valence-corrected chi connectivity index (χ3v) is 0.974. The molecule has 0 aromatic rings. The molecule has 0 aliphatic heterocycles. The van der Waals surface area contributed by atoms with Crippen molar-refractivity contribution in [3.8, 4) is 6.07 Å². The van der Waals surface area contributed by atoms with Crippen molar-refractivity contribution in [3.05, 3.63) is 0 Å². The Kier molecular flexibility index (Phi) is 4.25. The van der Waals surface area contributed by atoms with Gasteiger partial charge >= 0.3 is 5.97 Å². The molecule has 1 atom stereocenters. The van der Waals surface area contributed by atoms with Gasteiger partial charge in [0.15, 0.2) is 6.04 Å². The van der Waals surface area contributed by atoms with Crippen molar-refractivity contribution >= 4 is 5.97 Å². The third kappa shape index (κ3) is 2.46. The Morgan fingerprint density at radius 1 is 1.90 bits per heavy atom. The van der Waals surface area contributed by atoms with Crippen LogP contribution in [0.15, 0.2) is 0 Å². The molecule has 0 bridgehead atoms. The van der Waals surface area contributed by atoms with Gasteiger partial charge in [0.1, 0.15) is 0 Å². The normalized spacial score (nSPS) is 11.7. The number of nitrogens with one attached hydrogen (secondary N) is 1. The monoisotopic (exact) mass is 142 g/mol. The predicted molar refractivity (Wildman–Crippen MR) is 35.1 cm³/mol. The Morgan fingerprint density at radius 3 is 2.80 bits per heavy atom.